The molecule has 0 atom stereocenters. The van der Waals surface area contributed by atoms with Crippen LogP contribution in [0, 0.1) is 29.1 Å². The van der Waals surface area contributed by atoms with Gasteiger partial charge in [0, 0.05) is 13.6 Å². The van der Waals surface area contributed by atoms with Crippen LogP contribution in [0.5, 0.6) is 0 Å². The van der Waals surface area contributed by atoms with Gasteiger partial charge in [-0.1, -0.05) is 12.8 Å². The Morgan fingerprint density at radius 1 is 0.900 bits per heavy atom. The molecule has 0 saturated heterocycles. The van der Waals surface area contributed by atoms with Crippen LogP contribution in [0.3, 0.4) is 0 Å². The molecule has 20 heavy (non-hydrogen) atoms. The predicted octanol–water partition coefficient (Wildman–Crippen LogP) is 3.12. The van der Waals surface area contributed by atoms with Crippen molar-refractivity contribution >= 4 is 5.69 Å². The zero-order valence-corrected chi connectivity index (χ0v) is 10.8. The first-order chi connectivity index (χ1) is 9.27. The molecule has 0 aliphatic heterocycles. The van der Waals surface area contributed by atoms with Gasteiger partial charge in [-0.3, -0.25) is 0 Å². The maximum atomic E-state index is 13.6. The van der Waals surface area contributed by atoms with Gasteiger partial charge in [-0.25, -0.2) is 22.0 Å². The minimum atomic E-state index is -2.18. The molecule has 0 radical (unpaired) electrons. The van der Waals surface area contributed by atoms with Gasteiger partial charge in [0.15, 0.2) is 23.3 Å². The highest BCUT2D eigenvalue weighted by Crippen LogP contribution is 2.34. The molecule has 1 aliphatic carbocycles. The molecule has 0 aromatic heterocycles. The van der Waals surface area contributed by atoms with Crippen LogP contribution >= 0.6 is 0 Å². The summed E-state index contributed by atoms with van der Waals surface area (Å²) in [6, 6.07) is 0. The molecule has 1 saturated carbocycles. The molecule has 2 rings (SSSR count). The molecule has 0 spiro atoms. The number of hydrogen-bond donors (Lipinski definition) is 1. The summed E-state index contributed by atoms with van der Waals surface area (Å²) in [6.45, 7) is -0.189. The van der Waals surface area contributed by atoms with E-state index in [-0.39, 0.29) is 6.54 Å². The molecule has 0 amide bonds. The average Bonchev–Trinajstić information content (AvgIpc) is 2.80. The van der Waals surface area contributed by atoms with Crippen molar-refractivity contribution in [3.05, 3.63) is 29.1 Å². The smallest absolute Gasteiger partial charge is 0.200 e. The second-order valence-corrected chi connectivity index (χ2v) is 5.21. The number of anilines is 1. The Labute approximate surface area is 112 Å². The molecule has 1 N–H and O–H groups in total. The van der Waals surface area contributed by atoms with Gasteiger partial charge in [0.2, 0.25) is 5.82 Å². The first-order valence-corrected chi connectivity index (χ1v) is 6.22. The quantitative estimate of drug-likeness (QED) is 0.526. The van der Waals surface area contributed by atoms with Crippen molar-refractivity contribution in [3.8, 4) is 0 Å². The summed E-state index contributed by atoms with van der Waals surface area (Å²) in [5.74, 6) is -9.92. The Bertz CT molecular complexity index is 499. The van der Waals surface area contributed by atoms with Crippen LogP contribution in [0.4, 0.5) is 27.6 Å². The third-order valence-electron chi connectivity index (χ3n) is 3.63. The van der Waals surface area contributed by atoms with Gasteiger partial charge in [0.1, 0.15) is 5.69 Å². The number of likely N-dealkylation sites (N-methyl/N-ethyl adjacent to an activating group) is 1. The van der Waals surface area contributed by atoms with E-state index >= 15 is 0 Å². The fourth-order valence-corrected chi connectivity index (χ4v) is 2.64. The molecule has 0 bridgehead atoms. The summed E-state index contributed by atoms with van der Waals surface area (Å²) in [7, 11) is 1.19. The number of hydrogen-bond acceptors (Lipinski definition) is 2. The van der Waals surface area contributed by atoms with E-state index in [1.807, 2.05) is 0 Å². The summed E-state index contributed by atoms with van der Waals surface area (Å²) >= 11 is 0. The van der Waals surface area contributed by atoms with Crippen LogP contribution in [-0.4, -0.2) is 24.3 Å². The van der Waals surface area contributed by atoms with Gasteiger partial charge in [0.05, 0.1) is 5.60 Å². The van der Waals surface area contributed by atoms with Crippen LogP contribution in [-0.2, 0) is 0 Å². The number of nitrogens with zero attached hydrogens (tertiary/aromatic N) is 1. The third kappa shape index (κ3) is 2.46. The van der Waals surface area contributed by atoms with E-state index in [1.165, 1.54) is 7.05 Å². The van der Waals surface area contributed by atoms with Crippen molar-refractivity contribution in [1.29, 1.82) is 0 Å². The molecule has 1 aromatic rings. The lowest BCUT2D eigenvalue weighted by atomic mass is 10.0. The van der Waals surface area contributed by atoms with E-state index in [2.05, 4.69) is 0 Å². The van der Waals surface area contributed by atoms with E-state index in [4.69, 9.17) is 0 Å². The molecule has 1 aliphatic rings. The Kier molecular flexibility index (Phi) is 3.90. The first-order valence-electron chi connectivity index (χ1n) is 6.22. The minimum absolute atomic E-state index is 0.189. The second kappa shape index (κ2) is 5.20. The lowest BCUT2D eigenvalue weighted by Crippen LogP contribution is -2.40. The molecular weight excluding hydrogens is 281 g/mol. The molecule has 112 valence electrons. The van der Waals surface area contributed by atoms with Gasteiger partial charge in [-0.15, -0.1) is 0 Å². The number of aliphatic hydroxyl groups is 1. The number of rotatable bonds is 3. The average molecular weight is 295 g/mol. The van der Waals surface area contributed by atoms with Crippen molar-refractivity contribution in [3.63, 3.8) is 0 Å². The number of halogens is 5. The SMILES string of the molecule is CN(CC1(O)CCCC1)c1c(F)c(F)c(F)c(F)c1F. The van der Waals surface area contributed by atoms with Crippen molar-refractivity contribution < 1.29 is 27.1 Å². The summed E-state index contributed by atoms with van der Waals surface area (Å²) < 4.78 is 66.4. The van der Waals surface area contributed by atoms with Crippen LogP contribution in [0.25, 0.3) is 0 Å². The highest BCUT2D eigenvalue weighted by atomic mass is 19.2. The lowest BCUT2D eigenvalue weighted by molar-refractivity contribution is 0.0556. The van der Waals surface area contributed by atoms with E-state index in [0.717, 1.165) is 17.7 Å². The Morgan fingerprint density at radius 3 is 1.75 bits per heavy atom. The third-order valence-corrected chi connectivity index (χ3v) is 3.63. The fraction of sp³-hybridized carbons (Fsp3) is 0.538. The largest absolute Gasteiger partial charge is 0.388 e. The maximum absolute atomic E-state index is 13.6. The Hall–Kier alpha value is -1.37. The van der Waals surface area contributed by atoms with Crippen LogP contribution in [0.2, 0.25) is 0 Å². The molecule has 7 heteroatoms. The summed E-state index contributed by atoms with van der Waals surface area (Å²) in [5.41, 5.74) is -2.17. The standard InChI is InChI=1S/C13H14F5NO/c1-19(6-13(20)4-2-3-5-13)12-10(17)8(15)7(14)9(16)11(12)18/h20H,2-6H2,1H3. The van der Waals surface area contributed by atoms with Crippen molar-refractivity contribution in [2.45, 2.75) is 31.3 Å². The minimum Gasteiger partial charge on any atom is -0.388 e. The molecule has 0 unspecified atom stereocenters. The van der Waals surface area contributed by atoms with Gasteiger partial charge < -0.3 is 10.0 Å². The predicted molar refractivity (Wildman–Crippen MR) is 62.9 cm³/mol. The Balaban J connectivity index is 2.37. The highest BCUT2D eigenvalue weighted by Gasteiger charge is 2.35. The molecule has 1 aromatic carbocycles. The number of benzene rings is 1. The molecule has 2 nitrogen and oxygen atoms in total. The summed E-state index contributed by atoms with van der Waals surface area (Å²) in [6.07, 6.45) is 2.41. The van der Waals surface area contributed by atoms with Crippen LogP contribution in [0.15, 0.2) is 0 Å². The zero-order chi connectivity index (χ0) is 15.1. The van der Waals surface area contributed by atoms with Crippen LogP contribution in [0.1, 0.15) is 25.7 Å². The summed E-state index contributed by atoms with van der Waals surface area (Å²) in [4.78, 5) is 0.877. The molecule has 1 fully saturated rings. The monoisotopic (exact) mass is 295 g/mol. The fourth-order valence-electron chi connectivity index (χ4n) is 2.64. The van der Waals surface area contributed by atoms with Gasteiger partial charge in [-0.2, -0.15) is 0 Å². The van der Waals surface area contributed by atoms with E-state index in [1.54, 1.807) is 0 Å². The Morgan fingerprint density at radius 2 is 1.30 bits per heavy atom. The van der Waals surface area contributed by atoms with Crippen molar-refractivity contribution in [2.24, 2.45) is 0 Å². The van der Waals surface area contributed by atoms with E-state index in [9.17, 15) is 27.1 Å². The van der Waals surface area contributed by atoms with Crippen molar-refractivity contribution in [2.75, 3.05) is 18.5 Å². The lowest BCUT2D eigenvalue weighted by Gasteiger charge is -2.30. The van der Waals surface area contributed by atoms with E-state index in [0.29, 0.717) is 12.8 Å². The molecule has 0 heterocycles. The van der Waals surface area contributed by atoms with Gasteiger partial charge >= 0.3 is 0 Å². The van der Waals surface area contributed by atoms with Crippen LogP contribution < -0.4 is 4.90 Å². The second-order valence-electron chi connectivity index (χ2n) is 5.21. The molecular formula is C13H14F5NO. The topological polar surface area (TPSA) is 23.5 Å². The zero-order valence-electron chi connectivity index (χ0n) is 10.8. The van der Waals surface area contributed by atoms with E-state index < -0.39 is 40.4 Å². The normalized spacial score (nSPS) is 17.6. The highest BCUT2D eigenvalue weighted by molar-refractivity contribution is 5.50. The van der Waals surface area contributed by atoms with Gasteiger partial charge in [0.25, 0.3) is 0 Å². The summed E-state index contributed by atoms with van der Waals surface area (Å²) in [5, 5.41) is 10.1. The van der Waals surface area contributed by atoms with Crippen molar-refractivity contribution in [1.82, 2.24) is 0 Å². The first kappa shape index (κ1) is 15.0. The maximum Gasteiger partial charge on any atom is 0.200 e. The van der Waals surface area contributed by atoms with Gasteiger partial charge in [-0.05, 0) is 12.8 Å².